The molecule has 1 aromatic carbocycles. The Bertz CT molecular complexity index is 843. The first kappa shape index (κ1) is 19.3. The zero-order valence-electron chi connectivity index (χ0n) is 14.2. The van der Waals surface area contributed by atoms with Crippen molar-refractivity contribution in [2.75, 3.05) is 13.1 Å². The Morgan fingerprint density at radius 2 is 1.92 bits per heavy atom. The molecular weight excluding hydrogens is 338 g/mol. The van der Waals surface area contributed by atoms with Crippen LogP contribution >= 0.6 is 0 Å². The van der Waals surface area contributed by atoms with E-state index < -0.39 is 11.8 Å². The van der Waals surface area contributed by atoms with E-state index in [1.807, 2.05) is 0 Å². The fourth-order valence-corrected chi connectivity index (χ4v) is 2.61. The molecule has 0 unspecified atom stereocenters. The number of fused-ring (bicyclic) bond motifs is 1. The molecule has 0 aliphatic carbocycles. The minimum Gasteiger partial charge on any atom is -0.366 e. The molecule has 0 atom stereocenters. The van der Waals surface area contributed by atoms with Crippen LogP contribution in [0.1, 0.15) is 40.1 Å². The molecule has 26 heavy (non-hydrogen) atoms. The highest BCUT2D eigenvalue weighted by Crippen LogP contribution is 2.20. The van der Waals surface area contributed by atoms with Gasteiger partial charge in [0.15, 0.2) is 11.5 Å². The highest BCUT2D eigenvalue weighted by molar-refractivity contribution is 6.06. The second-order valence-electron chi connectivity index (χ2n) is 5.83. The summed E-state index contributed by atoms with van der Waals surface area (Å²) in [4.78, 5) is 45.3. The summed E-state index contributed by atoms with van der Waals surface area (Å²) in [6.07, 6.45) is 2.55. The van der Waals surface area contributed by atoms with Crippen LogP contribution in [-0.4, -0.2) is 46.8 Å². The molecule has 1 aromatic heterocycles. The first-order valence-corrected chi connectivity index (χ1v) is 8.20. The van der Waals surface area contributed by atoms with Crippen LogP contribution in [0.15, 0.2) is 18.2 Å². The third-order valence-electron chi connectivity index (χ3n) is 3.88. The van der Waals surface area contributed by atoms with Gasteiger partial charge in [-0.15, -0.1) is 0 Å². The molecule has 0 saturated heterocycles. The summed E-state index contributed by atoms with van der Waals surface area (Å²) in [5.74, 6) is -1.39. The largest absolute Gasteiger partial charge is 0.366 e. The van der Waals surface area contributed by atoms with Crippen LogP contribution in [0, 0.1) is 0 Å². The molecule has 138 valence electrons. The number of nitrogens with zero attached hydrogens (tertiary/aromatic N) is 2. The standard InChI is InChI=1S/C17H21N5O4/c18-16(25)11-4-5-13-14(9-11)22(21-15(13)17(19)26)10-12(24)3-1-2-6-20-7-8-23/h4-5,8-9,20H,1-3,6-7,10H2,(H2,18,25)(H2,19,26). The summed E-state index contributed by atoms with van der Waals surface area (Å²) in [6.45, 7) is 0.920. The number of rotatable bonds is 11. The van der Waals surface area contributed by atoms with Gasteiger partial charge in [0.05, 0.1) is 12.1 Å². The predicted octanol–water partition coefficient (Wildman–Crippen LogP) is -0.238. The molecular formula is C17H21N5O4. The van der Waals surface area contributed by atoms with Gasteiger partial charge in [-0.1, -0.05) is 0 Å². The van der Waals surface area contributed by atoms with E-state index in [0.717, 1.165) is 12.7 Å². The molecule has 0 radical (unpaired) electrons. The summed E-state index contributed by atoms with van der Waals surface area (Å²) < 4.78 is 1.37. The van der Waals surface area contributed by atoms with E-state index in [1.165, 1.54) is 16.8 Å². The van der Waals surface area contributed by atoms with Crippen molar-refractivity contribution in [1.29, 1.82) is 0 Å². The molecule has 2 amide bonds. The van der Waals surface area contributed by atoms with E-state index >= 15 is 0 Å². The third kappa shape index (κ3) is 4.73. The Kier molecular flexibility index (Phi) is 6.56. The van der Waals surface area contributed by atoms with Gasteiger partial charge in [-0.25, -0.2) is 0 Å². The molecule has 0 aliphatic rings. The molecule has 0 spiro atoms. The zero-order chi connectivity index (χ0) is 19.1. The molecule has 5 N–H and O–H groups in total. The van der Waals surface area contributed by atoms with Gasteiger partial charge >= 0.3 is 0 Å². The second kappa shape index (κ2) is 8.86. The highest BCUT2D eigenvalue weighted by Gasteiger charge is 2.17. The number of hydrogen-bond acceptors (Lipinski definition) is 6. The van der Waals surface area contributed by atoms with Crippen LogP contribution in [0.25, 0.3) is 10.9 Å². The zero-order valence-corrected chi connectivity index (χ0v) is 14.2. The van der Waals surface area contributed by atoms with Crippen LogP contribution < -0.4 is 16.8 Å². The first-order chi connectivity index (χ1) is 12.4. The Morgan fingerprint density at radius 3 is 2.58 bits per heavy atom. The quantitative estimate of drug-likeness (QED) is 0.372. The molecule has 0 aliphatic heterocycles. The Labute approximate surface area is 149 Å². The van der Waals surface area contributed by atoms with Crippen molar-refractivity contribution < 1.29 is 19.2 Å². The van der Waals surface area contributed by atoms with E-state index in [-0.39, 0.29) is 23.6 Å². The van der Waals surface area contributed by atoms with Crippen molar-refractivity contribution >= 4 is 34.8 Å². The summed E-state index contributed by atoms with van der Waals surface area (Å²) in [7, 11) is 0. The van der Waals surface area contributed by atoms with Gasteiger partial charge in [-0.3, -0.25) is 19.1 Å². The number of ketones is 1. The second-order valence-corrected chi connectivity index (χ2v) is 5.83. The topological polar surface area (TPSA) is 150 Å². The highest BCUT2D eigenvalue weighted by atomic mass is 16.2. The number of nitrogens with two attached hydrogens (primary N) is 2. The minimum atomic E-state index is -0.714. The number of aldehydes is 1. The Morgan fingerprint density at radius 1 is 1.15 bits per heavy atom. The molecule has 0 bridgehead atoms. The predicted molar refractivity (Wildman–Crippen MR) is 94.6 cm³/mol. The summed E-state index contributed by atoms with van der Waals surface area (Å²) in [5, 5.41) is 7.51. The summed E-state index contributed by atoms with van der Waals surface area (Å²) in [6, 6.07) is 4.52. The van der Waals surface area contributed by atoms with E-state index in [4.69, 9.17) is 11.5 Å². The average Bonchev–Trinajstić information content (AvgIpc) is 2.96. The van der Waals surface area contributed by atoms with Crippen LogP contribution in [0.2, 0.25) is 0 Å². The van der Waals surface area contributed by atoms with E-state index in [9.17, 15) is 19.2 Å². The maximum Gasteiger partial charge on any atom is 0.269 e. The maximum atomic E-state index is 12.2. The molecule has 2 rings (SSSR count). The van der Waals surface area contributed by atoms with E-state index in [2.05, 4.69) is 10.4 Å². The van der Waals surface area contributed by atoms with Crippen LogP contribution in [0.5, 0.6) is 0 Å². The number of Topliss-reactive ketones (excluding diaryl/α,β-unsaturated/α-hetero) is 1. The number of amides is 2. The third-order valence-corrected chi connectivity index (χ3v) is 3.88. The Hall–Kier alpha value is -3.07. The van der Waals surface area contributed by atoms with Crippen molar-refractivity contribution in [3.8, 4) is 0 Å². The first-order valence-electron chi connectivity index (χ1n) is 8.20. The number of benzene rings is 1. The van der Waals surface area contributed by atoms with Crippen molar-refractivity contribution in [2.24, 2.45) is 11.5 Å². The number of carbonyl (C=O) groups is 4. The van der Waals surface area contributed by atoms with Crippen LogP contribution in [-0.2, 0) is 16.1 Å². The Balaban J connectivity index is 2.11. The van der Waals surface area contributed by atoms with Gasteiger partial charge in [-0.2, -0.15) is 5.10 Å². The number of hydrogen-bond donors (Lipinski definition) is 3. The van der Waals surface area contributed by atoms with Gasteiger partial charge in [0, 0.05) is 17.4 Å². The van der Waals surface area contributed by atoms with Gasteiger partial charge < -0.3 is 21.6 Å². The lowest BCUT2D eigenvalue weighted by Gasteiger charge is -2.04. The number of primary amides is 2. The van der Waals surface area contributed by atoms with E-state index in [1.54, 1.807) is 6.07 Å². The molecule has 2 aromatic rings. The molecule has 1 heterocycles. The van der Waals surface area contributed by atoms with Crippen molar-refractivity contribution in [2.45, 2.75) is 25.8 Å². The van der Waals surface area contributed by atoms with E-state index in [0.29, 0.717) is 36.8 Å². The number of aromatic nitrogens is 2. The van der Waals surface area contributed by atoms with Gasteiger partial charge in [0.25, 0.3) is 5.91 Å². The number of carbonyl (C=O) groups excluding carboxylic acids is 4. The summed E-state index contributed by atoms with van der Waals surface area (Å²) in [5.41, 5.74) is 11.4. The number of unbranched alkanes of at least 4 members (excludes halogenated alkanes) is 1. The lowest BCUT2D eigenvalue weighted by Crippen LogP contribution is -2.18. The molecule has 9 nitrogen and oxygen atoms in total. The molecule has 9 heteroatoms. The fourth-order valence-electron chi connectivity index (χ4n) is 2.61. The van der Waals surface area contributed by atoms with Gasteiger partial charge in [0.2, 0.25) is 5.91 Å². The van der Waals surface area contributed by atoms with Crippen molar-refractivity contribution in [3.63, 3.8) is 0 Å². The summed E-state index contributed by atoms with van der Waals surface area (Å²) >= 11 is 0. The smallest absolute Gasteiger partial charge is 0.269 e. The monoisotopic (exact) mass is 359 g/mol. The lowest BCUT2D eigenvalue weighted by molar-refractivity contribution is -0.119. The lowest BCUT2D eigenvalue weighted by atomic mass is 10.1. The van der Waals surface area contributed by atoms with Crippen molar-refractivity contribution in [3.05, 3.63) is 29.5 Å². The minimum absolute atomic E-state index is 0.0340. The normalized spacial score (nSPS) is 10.8. The van der Waals surface area contributed by atoms with Gasteiger partial charge in [0.1, 0.15) is 12.8 Å². The molecule has 0 fully saturated rings. The SMILES string of the molecule is NC(=O)c1ccc2c(C(N)=O)nn(CC(=O)CCCCNCC=O)c2c1. The molecule has 0 saturated carbocycles. The van der Waals surface area contributed by atoms with Crippen LogP contribution in [0.4, 0.5) is 0 Å². The van der Waals surface area contributed by atoms with Crippen molar-refractivity contribution in [1.82, 2.24) is 15.1 Å². The fraction of sp³-hybridized carbons (Fsp3) is 0.353. The van der Waals surface area contributed by atoms with Gasteiger partial charge in [-0.05, 0) is 37.6 Å². The van der Waals surface area contributed by atoms with Crippen LogP contribution in [0.3, 0.4) is 0 Å². The number of nitrogens with one attached hydrogen (secondary N) is 1. The average molecular weight is 359 g/mol. The maximum absolute atomic E-state index is 12.2.